The molecule has 0 radical (unpaired) electrons. The standard InChI is InChI=1S/C12H21N3O2S/c1-5-10(11-13-8(2)7-18-11)14-12(17)15(4)6-9(3)16/h7,9-10,16H,5-6H2,1-4H3,(H,14,17). The molecule has 0 bridgehead atoms. The summed E-state index contributed by atoms with van der Waals surface area (Å²) in [5.74, 6) is 0. The number of carbonyl (C=O) groups is 1. The summed E-state index contributed by atoms with van der Waals surface area (Å²) in [6.45, 7) is 5.93. The Morgan fingerprint density at radius 1 is 1.67 bits per heavy atom. The number of aliphatic hydroxyl groups excluding tert-OH is 1. The van der Waals surface area contributed by atoms with Crippen molar-refractivity contribution in [3.05, 3.63) is 16.1 Å². The van der Waals surface area contributed by atoms with Gasteiger partial charge in [0, 0.05) is 24.7 Å². The summed E-state index contributed by atoms with van der Waals surface area (Å²) in [5.41, 5.74) is 0.972. The molecule has 2 unspecified atom stereocenters. The van der Waals surface area contributed by atoms with Gasteiger partial charge in [-0.1, -0.05) is 6.92 Å². The van der Waals surface area contributed by atoms with Crippen molar-refractivity contribution >= 4 is 17.4 Å². The normalized spacial score (nSPS) is 14.1. The van der Waals surface area contributed by atoms with Crippen molar-refractivity contribution in [2.45, 2.75) is 39.3 Å². The molecule has 1 rings (SSSR count). The maximum Gasteiger partial charge on any atom is 0.317 e. The second kappa shape index (κ2) is 6.70. The van der Waals surface area contributed by atoms with Crippen LogP contribution in [0.5, 0.6) is 0 Å². The van der Waals surface area contributed by atoms with Crippen LogP contribution in [-0.2, 0) is 0 Å². The van der Waals surface area contributed by atoms with Crippen molar-refractivity contribution < 1.29 is 9.90 Å². The Hall–Kier alpha value is -1.14. The zero-order valence-electron chi connectivity index (χ0n) is 11.3. The smallest absolute Gasteiger partial charge is 0.317 e. The second-order valence-corrected chi connectivity index (χ2v) is 5.36. The molecule has 0 saturated heterocycles. The highest BCUT2D eigenvalue weighted by molar-refractivity contribution is 7.09. The number of urea groups is 1. The van der Waals surface area contributed by atoms with Crippen molar-refractivity contribution in [1.29, 1.82) is 0 Å². The molecule has 0 aliphatic carbocycles. The van der Waals surface area contributed by atoms with E-state index in [1.165, 1.54) is 4.90 Å². The third kappa shape index (κ3) is 4.27. The fourth-order valence-electron chi connectivity index (χ4n) is 1.61. The fourth-order valence-corrected chi connectivity index (χ4v) is 2.54. The summed E-state index contributed by atoms with van der Waals surface area (Å²) >= 11 is 1.56. The van der Waals surface area contributed by atoms with E-state index in [1.807, 2.05) is 19.2 Å². The lowest BCUT2D eigenvalue weighted by Crippen LogP contribution is -2.42. The number of aryl methyl sites for hydroxylation is 1. The Kier molecular flexibility index (Phi) is 5.55. The zero-order chi connectivity index (χ0) is 13.7. The Balaban J connectivity index is 2.60. The third-order valence-electron chi connectivity index (χ3n) is 2.53. The molecule has 2 amide bonds. The van der Waals surface area contributed by atoms with Gasteiger partial charge in [-0.05, 0) is 20.3 Å². The minimum atomic E-state index is -0.525. The van der Waals surface area contributed by atoms with Gasteiger partial charge in [0.25, 0.3) is 0 Å². The lowest BCUT2D eigenvalue weighted by Gasteiger charge is -2.22. The van der Waals surface area contributed by atoms with E-state index in [0.717, 1.165) is 17.1 Å². The van der Waals surface area contributed by atoms with Gasteiger partial charge < -0.3 is 15.3 Å². The molecule has 1 heterocycles. The van der Waals surface area contributed by atoms with Crippen LogP contribution in [0.3, 0.4) is 0 Å². The summed E-state index contributed by atoms with van der Waals surface area (Å²) in [5, 5.41) is 15.1. The summed E-state index contributed by atoms with van der Waals surface area (Å²) in [6, 6.07) is -0.247. The molecular formula is C12H21N3O2S. The number of nitrogens with one attached hydrogen (secondary N) is 1. The van der Waals surface area contributed by atoms with Gasteiger partial charge in [0.15, 0.2) is 0 Å². The van der Waals surface area contributed by atoms with E-state index in [4.69, 9.17) is 0 Å². The highest BCUT2D eigenvalue weighted by Crippen LogP contribution is 2.20. The van der Waals surface area contributed by atoms with E-state index >= 15 is 0 Å². The van der Waals surface area contributed by atoms with Gasteiger partial charge in [0.1, 0.15) is 5.01 Å². The maximum absolute atomic E-state index is 11.9. The molecule has 0 fully saturated rings. The molecule has 6 heteroatoms. The highest BCUT2D eigenvalue weighted by atomic mass is 32.1. The van der Waals surface area contributed by atoms with Crippen LogP contribution in [0.1, 0.15) is 37.0 Å². The summed E-state index contributed by atoms with van der Waals surface area (Å²) in [4.78, 5) is 17.8. The van der Waals surface area contributed by atoms with Crippen LogP contribution in [0, 0.1) is 6.92 Å². The minimum Gasteiger partial charge on any atom is -0.392 e. The molecule has 2 atom stereocenters. The van der Waals surface area contributed by atoms with E-state index in [2.05, 4.69) is 10.3 Å². The molecular weight excluding hydrogens is 250 g/mol. The first-order valence-electron chi connectivity index (χ1n) is 6.05. The molecule has 0 saturated carbocycles. The number of aliphatic hydroxyl groups is 1. The van der Waals surface area contributed by atoms with Crippen LogP contribution >= 0.6 is 11.3 Å². The summed E-state index contributed by atoms with van der Waals surface area (Å²) in [7, 11) is 1.67. The lowest BCUT2D eigenvalue weighted by atomic mass is 10.2. The van der Waals surface area contributed by atoms with E-state index in [9.17, 15) is 9.90 Å². The van der Waals surface area contributed by atoms with Crippen molar-refractivity contribution in [2.24, 2.45) is 0 Å². The van der Waals surface area contributed by atoms with Gasteiger partial charge >= 0.3 is 6.03 Å². The summed E-state index contributed by atoms with van der Waals surface area (Å²) in [6.07, 6.45) is 0.268. The predicted octanol–water partition coefficient (Wildman–Crippen LogP) is 1.92. The molecule has 18 heavy (non-hydrogen) atoms. The number of hydrogen-bond donors (Lipinski definition) is 2. The first-order chi connectivity index (χ1) is 8.43. The van der Waals surface area contributed by atoms with Crippen LogP contribution in [0.15, 0.2) is 5.38 Å². The molecule has 1 aromatic heterocycles. The number of thiazole rings is 1. The molecule has 5 nitrogen and oxygen atoms in total. The van der Waals surface area contributed by atoms with Crippen molar-refractivity contribution in [1.82, 2.24) is 15.2 Å². The molecule has 0 aliphatic heterocycles. The topological polar surface area (TPSA) is 65.5 Å². The molecule has 2 N–H and O–H groups in total. The van der Waals surface area contributed by atoms with Gasteiger partial charge in [-0.15, -0.1) is 11.3 Å². The van der Waals surface area contributed by atoms with Gasteiger partial charge in [-0.3, -0.25) is 0 Å². The van der Waals surface area contributed by atoms with Crippen LogP contribution in [0.4, 0.5) is 4.79 Å². The van der Waals surface area contributed by atoms with Gasteiger partial charge in [0.2, 0.25) is 0 Å². The number of nitrogens with zero attached hydrogens (tertiary/aromatic N) is 2. The third-order valence-corrected chi connectivity index (χ3v) is 3.60. The number of carbonyl (C=O) groups excluding carboxylic acids is 1. The first-order valence-corrected chi connectivity index (χ1v) is 6.93. The Bertz CT molecular complexity index is 392. The highest BCUT2D eigenvalue weighted by Gasteiger charge is 2.18. The van der Waals surface area contributed by atoms with Crippen LogP contribution in [0.2, 0.25) is 0 Å². The average Bonchev–Trinajstić information content (AvgIpc) is 2.71. The van der Waals surface area contributed by atoms with E-state index in [-0.39, 0.29) is 12.1 Å². The van der Waals surface area contributed by atoms with Gasteiger partial charge in [0.05, 0.1) is 12.1 Å². The Morgan fingerprint density at radius 2 is 2.33 bits per heavy atom. The summed E-state index contributed by atoms with van der Waals surface area (Å²) < 4.78 is 0. The molecule has 102 valence electrons. The van der Waals surface area contributed by atoms with Gasteiger partial charge in [-0.2, -0.15) is 0 Å². The minimum absolute atomic E-state index is 0.0624. The Morgan fingerprint density at radius 3 is 2.78 bits per heavy atom. The quantitative estimate of drug-likeness (QED) is 0.860. The van der Waals surface area contributed by atoms with E-state index in [0.29, 0.717) is 6.54 Å². The van der Waals surface area contributed by atoms with E-state index in [1.54, 1.807) is 25.3 Å². The SMILES string of the molecule is CCC(NC(=O)N(C)CC(C)O)c1nc(C)cs1. The first kappa shape index (κ1) is 14.9. The van der Waals surface area contributed by atoms with Crippen LogP contribution < -0.4 is 5.32 Å². The average molecular weight is 271 g/mol. The number of likely N-dealkylation sites (N-methyl/N-ethyl adjacent to an activating group) is 1. The predicted molar refractivity (Wildman–Crippen MR) is 72.7 cm³/mol. The number of amides is 2. The van der Waals surface area contributed by atoms with Crippen molar-refractivity contribution in [3.63, 3.8) is 0 Å². The van der Waals surface area contributed by atoms with Crippen molar-refractivity contribution in [3.8, 4) is 0 Å². The monoisotopic (exact) mass is 271 g/mol. The number of rotatable bonds is 5. The second-order valence-electron chi connectivity index (χ2n) is 4.47. The van der Waals surface area contributed by atoms with Crippen LogP contribution in [0.25, 0.3) is 0 Å². The largest absolute Gasteiger partial charge is 0.392 e. The van der Waals surface area contributed by atoms with Crippen molar-refractivity contribution in [2.75, 3.05) is 13.6 Å². The maximum atomic E-state index is 11.9. The fraction of sp³-hybridized carbons (Fsp3) is 0.667. The lowest BCUT2D eigenvalue weighted by molar-refractivity contribution is 0.142. The molecule has 0 aromatic carbocycles. The van der Waals surface area contributed by atoms with Crippen LogP contribution in [-0.4, -0.2) is 40.7 Å². The van der Waals surface area contributed by atoms with E-state index < -0.39 is 6.10 Å². The number of hydrogen-bond acceptors (Lipinski definition) is 4. The van der Waals surface area contributed by atoms with Gasteiger partial charge in [-0.25, -0.2) is 9.78 Å². The molecule has 1 aromatic rings. The molecule has 0 aliphatic rings. The zero-order valence-corrected chi connectivity index (χ0v) is 12.1. The number of aromatic nitrogens is 1. The molecule has 0 spiro atoms. The Labute approximate surface area is 112 Å².